The van der Waals surface area contributed by atoms with Crippen LogP contribution in [-0.4, -0.2) is 23.6 Å². The summed E-state index contributed by atoms with van der Waals surface area (Å²) in [5.41, 5.74) is 1.63. The number of benzene rings is 1. The van der Waals surface area contributed by atoms with Crippen LogP contribution in [0.4, 0.5) is 4.39 Å². The van der Waals surface area contributed by atoms with Crippen molar-refractivity contribution in [3.63, 3.8) is 0 Å². The van der Waals surface area contributed by atoms with Gasteiger partial charge in [0.15, 0.2) is 0 Å². The highest BCUT2D eigenvalue weighted by atomic mass is 19.1. The molecule has 0 spiro atoms. The van der Waals surface area contributed by atoms with Crippen LogP contribution in [0.3, 0.4) is 0 Å². The first-order chi connectivity index (χ1) is 7.70. The maximum absolute atomic E-state index is 13.1. The number of aromatic nitrogens is 2. The van der Waals surface area contributed by atoms with Crippen LogP contribution in [0, 0.1) is 12.7 Å². The van der Waals surface area contributed by atoms with Crippen molar-refractivity contribution in [3.8, 4) is 0 Å². The summed E-state index contributed by atoms with van der Waals surface area (Å²) in [6, 6.07) is 4.60. The molecule has 16 heavy (non-hydrogen) atoms. The van der Waals surface area contributed by atoms with Gasteiger partial charge in [-0.25, -0.2) is 14.4 Å². The molecule has 1 heterocycles. The number of halogens is 1. The zero-order valence-corrected chi connectivity index (χ0v) is 9.42. The number of likely N-dealkylation sites (N-methyl/N-ethyl adjacent to an activating group) is 1. The van der Waals surface area contributed by atoms with E-state index >= 15 is 0 Å². The minimum atomic E-state index is -0.248. The molecule has 0 amide bonds. The third-order valence-corrected chi connectivity index (χ3v) is 2.49. The van der Waals surface area contributed by atoms with Crippen LogP contribution in [0.5, 0.6) is 0 Å². The lowest BCUT2D eigenvalue weighted by molar-refractivity contribution is 0.629. The third-order valence-electron chi connectivity index (χ3n) is 2.49. The molecular formula is C12H14FN3. The number of rotatable bonds is 3. The highest BCUT2D eigenvalue weighted by Gasteiger charge is 2.05. The Morgan fingerprint density at radius 1 is 1.31 bits per heavy atom. The van der Waals surface area contributed by atoms with Gasteiger partial charge in [0, 0.05) is 24.0 Å². The van der Waals surface area contributed by atoms with Crippen LogP contribution in [-0.2, 0) is 6.42 Å². The van der Waals surface area contributed by atoms with E-state index in [0.29, 0.717) is 0 Å². The number of hydrogen-bond donors (Lipinski definition) is 1. The van der Waals surface area contributed by atoms with E-state index in [1.807, 2.05) is 14.0 Å². The van der Waals surface area contributed by atoms with Gasteiger partial charge >= 0.3 is 0 Å². The predicted octanol–water partition coefficient (Wildman–Crippen LogP) is 1.84. The molecule has 0 bridgehead atoms. The molecule has 0 atom stereocenters. The lowest BCUT2D eigenvalue weighted by Crippen LogP contribution is -2.12. The van der Waals surface area contributed by atoms with E-state index in [4.69, 9.17) is 0 Å². The lowest BCUT2D eigenvalue weighted by atomic mass is 10.2. The van der Waals surface area contributed by atoms with Crippen molar-refractivity contribution < 1.29 is 4.39 Å². The molecule has 2 rings (SSSR count). The molecule has 1 aromatic carbocycles. The fourth-order valence-corrected chi connectivity index (χ4v) is 1.66. The molecule has 1 aromatic heterocycles. The molecule has 0 aliphatic heterocycles. The van der Waals surface area contributed by atoms with Gasteiger partial charge in [-0.1, -0.05) is 0 Å². The molecular weight excluding hydrogens is 205 g/mol. The van der Waals surface area contributed by atoms with Gasteiger partial charge in [0.1, 0.15) is 11.6 Å². The van der Waals surface area contributed by atoms with Gasteiger partial charge in [0.05, 0.1) is 5.52 Å². The lowest BCUT2D eigenvalue weighted by Gasteiger charge is -2.05. The molecule has 0 saturated carbocycles. The van der Waals surface area contributed by atoms with Crippen LogP contribution in [0.25, 0.3) is 10.9 Å². The molecule has 84 valence electrons. The average molecular weight is 219 g/mol. The molecule has 2 aromatic rings. The first kappa shape index (κ1) is 11.0. The van der Waals surface area contributed by atoms with Crippen molar-refractivity contribution in [1.29, 1.82) is 0 Å². The second kappa shape index (κ2) is 4.53. The number of nitrogens with zero attached hydrogens (tertiary/aromatic N) is 2. The quantitative estimate of drug-likeness (QED) is 0.856. The molecule has 3 nitrogen and oxygen atoms in total. The van der Waals surface area contributed by atoms with Crippen molar-refractivity contribution in [2.75, 3.05) is 13.6 Å². The minimum Gasteiger partial charge on any atom is -0.319 e. The maximum Gasteiger partial charge on any atom is 0.130 e. The van der Waals surface area contributed by atoms with Crippen LogP contribution < -0.4 is 5.32 Å². The monoisotopic (exact) mass is 219 g/mol. The molecule has 0 fully saturated rings. The van der Waals surface area contributed by atoms with Gasteiger partial charge in [-0.3, -0.25) is 0 Å². The number of nitrogens with one attached hydrogen (secondary N) is 1. The summed E-state index contributed by atoms with van der Waals surface area (Å²) in [5.74, 6) is 0.549. The van der Waals surface area contributed by atoms with E-state index in [9.17, 15) is 4.39 Å². The van der Waals surface area contributed by atoms with Gasteiger partial charge in [-0.2, -0.15) is 0 Å². The van der Waals surface area contributed by atoms with Crippen molar-refractivity contribution in [2.45, 2.75) is 13.3 Å². The van der Waals surface area contributed by atoms with E-state index in [1.165, 1.54) is 12.1 Å². The summed E-state index contributed by atoms with van der Waals surface area (Å²) in [6.45, 7) is 2.72. The minimum absolute atomic E-state index is 0.248. The number of fused-ring (bicyclic) bond motifs is 1. The van der Waals surface area contributed by atoms with Crippen LogP contribution in [0.15, 0.2) is 18.2 Å². The third kappa shape index (κ3) is 2.17. The fourth-order valence-electron chi connectivity index (χ4n) is 1.66. The van der Waals surface area contributed by atoms with E-state index in [1.54, 1.807) is 6.07 Å². The Morgan fingerprint density at radius 2 is 2.12 bits per heavy atom. The highest BCUT2D eigenvalue weighted by molar-refractivity contribution is 5.80. The summed E-state index contributed by atoms with van der Waals surface area (Å²) < 4.78 is 13.1. The van der Waals surface area contributed by atoms with Gasteiger partial charge in [0.25, 0.3) is 0 Å². The second-order valence-corrected chi connectivity index (χ2v) is 3.74. The SMILES string of the molecule is CNCCc1nc(C)c2cc(F)ccc2n1. The van der Waals surface area contributed by atoms with Gasteiger partial charge in [0.2, 0.25) is 0 Å². The summed E-state index contributed by atoms with van der Waals surface area (Å²) in [5, 5.41) is 3.84. The van der Waals surface area contributed by atoms with E-state index < -0.39 is 0 Å². The first-order valence-electron chi connectivity index (χ1n) is 5.28. The van der Waals surface area contributed by atoms with E-state index in [0.717, 1.165) is 35.4 Å². The van der Waals surface area contributed by atoms with Crippen molar-refractivity contribution in [1.82, 2.24) is 15.3 Å². The zero-order chi connectivity index (χ0) is 11.5. The second-order valence-electron chi connectivity index (χ2n) is 3.74. The molecule has 0 radical (unpaired) electrons. The Labute approximate surface area is 93.7 Å². The van der Waals surface area contributed by atoms with Crippen LogP contribution >= 0.6 is 0 Å². The topological polar surface area (TPSA) is 37.8 Å². The summed E-state index contributed by atoms with van der Waals surface area (Å²) in [7, 11) is 1.89. The Balaban J connectivity index is 2.46. The zero-order valence-electron chi connectivity index (χ0n) is 9.42. The summed E-state index contributed by atoms with van der Waals surface area (Å²) >= 11 is 0. The van der Waals surface area contributed by atoms with Gasteiger partial charge in [-0.05, 0) is 32.2 Å². The normalized spacial score (nSPS) is 10.9. The van der Waals surface area contributed by atoms with E-state index in [-0.39, 0.29) is 5.82 Å². The van der Waals surface area contributed by atoms with Crippen molar-refractivity contribution >= 4 is 10.9 Å². The Morgan fingerprint density at radius 3 is 2.88 bits per heavy atom. The fraction of sp³-hybridized carbons (Fsp3) is 0.333. The first-order valence-corrected chi connectivity index (χ1v) is 5.28. The molecule has 0 saturated heterocycles. The molecule has 0 aliphatic carbocycles. The summed E-state index contributed by atoms with van der Waals surface area (Å²) in [4.78, 5) is 8.76. The van der Waals surface area contributed by atoms with Gasteiger partial charge in [-0.15, -0.1) is 0 Å². The van der Waals surface area contributed by atoms with Crippen molar-refractivity contribution in [3.05, 3.63) is 35.5 Å². The van der Waals surface area contributed by atoms with Crippen molar-refractivity contribution in [2.24, 2.45) is 0 Å². The number of hydrogen-bond acceptors (Lipinski definition) is 3. The molecule has 4 heteroatoms. The van der Waals surface area contributed by atoms with Crippen LogP contribution in [0.2, 0.25) is 0 Å². The summed E-state index contributed by atoms with van der Waals surface area (Å²) in [6.07, 6.45) is 0.782. The Kier molecular flexibility index (Phi) is 3.10. The Hall–Kier alpha value is -1.55. The maximum atomic E-state index is 13.1. The highest BCUT2D eigenvalue weighted by Crippen LogP contribution is 2.16. The molecule has 1 N–H and O–H groups in total. The average Bonchev–Trinajstić information content (AvgIpc) is 2.27. The number of aryl methyl sites for hydroxylation is 1. The molecule has 0 unspecified atom stereocenters. The largest absolute Gasteiger partial charge is 0.319 e. The van der Waals surface area contributed by atoms with E-state index in [2.05, 4.69) is 15.3 Å². The predicted molar refractivity (Wildman–Crippen MR) is 61.9 cm³/mol. The van der Waals surface area contributed by atoms with Crippen LogP contribution in [0.1, 0.15) is 11.5 Å². The molecule has 0 aliphatic rings. The Bertz CT molecular complexity index is 511. The standard InChI is InChI=1S/C12H14FN3/c1-8-10-7-9(13)3-4-11(10)16-12(15-8)5-6-14-2/h3-4,7,14H,5-6H2,1-2H3. The smallest absolute Gasteiger partial charge is 0.130 e. The van der Waals surface area contributed by atoms with Gasteiger partial charge < -0.3 is 5.32 Å².